The number of nitrogens with one attached hydrogen (secondary N) is 1. The van der Waals surface area contributed by atoms with Gasteiger partial charge < -0.3 is 15.2 Å². The quantitative estimate of drug-likeness (QED) is 0.589. The Bertz CT molecular complexity index is 492. The summed E-state index contributed by atoms with van der Waals surface area (Å²) < 4.78 is 5.58. The van der Waals surface area contributed by atoms with Crippen LogP contribution in [0.25, 0.3) is 0 Å². The first-order chi connectivity index (χ1) is 9.35. The first-order valence-corrected chi connectivity index (χ1v) is 6.71. The van der Waals surface area contributed by atoms with Gasteiger partial charge in [0.05, 0.1) is 10.5 Å². The number of non-ortho nitro benzene ring substituents is 1. The molecule has 2 rings (SSSR count). The van der Waals surface area contributed by atoms with E-state index in [4.69, 9.17) is 4.74 Å². The van der Waals surface area contributed by atoms with Crippen LogP contribution in [0.2, 0.25) is 0 Å². The third-order valence-electron chi connectivity index (χ3n) is 2.99. The molecule has 6 nitrogen and oxygen atoms in total. The third kappa shape index (κ3) is 4.47. The van der Waals surface area contributed by atoms with Crippen molar-refractivity contribution in [2.24, 2.45) is 0 Å². The smallest absolute Gasteiger partial charge is 0.270 e. The van der Waals surface area contributed by atoms with Crippen LogP contribution in [-0.2, 0) is 6.54 Å². The van der Waals surface area contributed by atoms with Crippen LogP contribution in [0.15, 0.2) is 18.2 Å². The largest absolute Gasteiger partial charge is 0.490 e. The van der Waals surface area contributed by atoms with Gasteiger partial charge in [-0.15, -0.1) is 0 Å². The molecule has 0 heterocycles. The summed E-state index contributed by atoms with van der Waals surface area (Å²) in [4.78, 5) is 10.4. The molecule has 6 heteroatoms. The number of nitro groups is 1. The molecular weight excluding hydrogens is 260 g/mol. The molecule has 0 amide bonds. The van der Waals surface area contributed by atoms with Gasteiger partial charge in [0.2, 0.25) is 0 Å². The van der Waals surface area contributed by atoms with Crippen LogP contribution in [0.3, 0.4) is 0 Å². The van der Waals surface area contributed by atoms with Gasteiger partial charge >= 0.3 is 0 Å². The van der Waals surface area contributed by atoms with E-state index in [1.807, 2.05) is 0 Å². The van der Waals surface area contributed by atoms with E-state index < -0.39 is 10.5 Å². The molecule has 20 heavy (non-hydrogen) atoms. The summed E-state index contributed by atoms with van der Waals surface area (Å²) >= 11 is 0. The Labute approximate surface area is 117 Å². The fourth-order valence-corrected chi connectivity index (χ4v) is 1.75. The van der Waals surface area contributed by atoms with Crippen molar-refractivity contribution in [2.75, 3.05) is 6.61 Å². The summed E-state index contributed by atoms with van der Waals surface area (Å²) in [6.45, 7) is 3.98. The van der Waals surface area contributed by atoms with Gasteiger partial charge in [-0.2, -0.15) is 0 Å². The second kappa shape index (κ2) is 5.76. The highest BCUT2D eigenvalue weighted by Crippen LogP contribution is 2.27. The maximum absolute atomic E-state index is 10.8. The second-order valence-electron chi connectivity index (χ2n) is 5.81. The van der Waals surface area contributed by atoms with Crippen LogP contribution >= 0.6 is 0 Å². The molecule has 1 aliphatic carbocycles. The highest BCUT2D eigenvalue weighted by atomic mass is 16.6. The van der Waals surface area contributed by atoms with Crippen LogP contribution in [0.5, 0.6) is 5.75 Å². The van der Waals surface area contributed by atoms with E-state index in [2.05, 4.69) is 5.32 Å². The summed E-state index contributed by atoms with van der Waals surface area (Å²) in [6, 6.07) is 5.04. The Morgan fingerprint density at radius 3 is 2.75 bits per heavy atom. The van der Waals surface area contributed by atoms with Crippen molar-refractivity contribution in [1.82, 2.24) is 5.32 Å². The zero-order valence-corrected chi connectivity index (χ0v) is 11.8. The molecule has 0 spiro atoms. The van der Waals surface area contributed by atoms with Gasteiger partial charge in [0.25, 0.3) is 5.69 Å². The van der Waals surface area contributed by atoms with E-state index >= 15 is 0 Å². The average molecular weight is 280 g/mol. The Kier molecular flexibility index (Phi) is 4.25. The minimum Gasteiger partial charge on any atom is -0.490 e. The lowest BCUT2D eigenvalue weighted by molar-refractivity contribution is -0.384. The molecule has 0 bridgehead atoms. The van der Waals surface area contributed by atoms with E-state index in [1.54, 1.807) is 19.9 Å². The average Bonchev–Trinajstić information content (AvgIpc) is 3.17. The Morgan fingerprint density at radius 1 is 1.50 bits per heavy atom. The molecule has 0 aromatic heterocycles. The predicted octanol–water partition coefficient (Wildman–Crippen LogP) is 2.00. The third-order valence-corrected chi connectivity index (χ3v) is 2.99. The van der Waals surface area contributed by atoms with Crippen molar-refractivity contribution in [3.8, 4) is 5.75 Å². The lowest BCUT2D eigenvalue weighted by atomic mass is 10.1. The van der Waals surface area contributed by atoms with Crippen molar-refractivity contribution in [2.45, 2.75) is 44.9 Å². The molecule has 1 aromatic carbocycles. The van der Waals surface area contributed by atoms with E-state index in [0.29, 0.717) is 18.3 Å². The molecule has 0 unspecified atom stereocenters. The molecule has 1 fully saturated rings. The molecule has 110 valence electrons. The van der Waals surface area contributed by atoms with Crippen LogP contribution in [-0.4, -0.2) is 28.3 Å². The minimum atomic E-state index is -0.942. The first-order valence-electron chi connectivity index (χ1n) is 6.71. The lowest BCUT2D eigenvalue weighted by Gasteiger charge is -2.19. The van der Waals surface area contributed by atoms with E-state index in [-0.39, 0.29) is 12.3 Å². The molecule has 1 aromatic rings. The van der Waals surface area contributed by atoms with Crippen LogP contribution in [0.4, 0.5) is 5.69 Å². The van der Waals surface area contributed by atoms with Crippen molar-refractivity contribution in [1.29, 1.82) is 0 Å². The van der Waals surface area contributed by atoms with E-state index in [9.17, 15) is 15.2 Å². The van der Waals surface area contributed by atoms with E-state index in [1.165, 1.54) is 12.1 Å². The number of benzene rings is 1. The number of rotatable bonds is 7. The first kappa shape index (κ1) is 14.7. The second-order valence-corrected chi connectivity index (χ2v) is 5.81. The molecule has 0 saturated heterocycles. The van der Waals surface area contributed by atoms with Gasteiger partial charge in [0, 0.05) is 30.3 Å². The maximum Gasteiger partial charge on any atom is 0.270 e. The summed E-state index contributed by atoms with van der Waals surface area (Å²) in [6.07, 6.45) is 2.30. The molecule has 1 aliphatic rings. The summed E-state index contributed by atoms with van der Waals surface area (Å²) in [5.74, 6) is 0.575. The summed E-state index contributed by atoms with van der Waals surface area (Å²) in [5, 5.41) is 23.8. The lowest BCUT2D eigenvalue weighted by Crippen LogP contribution is -2.28. The van der Waals surface area contributed by atoms with Gasteiger partial charge in [-0.1, -0.05) is 0 Å². The van der Waals surface area contributed by atoms with E-state index in [0.717, 1.165) is 18.4 Å². The molecule has 2 N–H and O–H groups in total. The number of ether oxygens (including phenoxy) is 1. The van der Waals surface area contributed by atoms with Gasteiger partial charge in [-0.3, -0.25) is 10.1 Å². The molecule has 1 saturated carbocycles. The molecule has 0 radical (unpaired) electrons. The topological polar surface area (TPSA) is 84.6 Å². The molecule has 0 aliphatic heterocycles. The fraction of sp³-hybridized carbons (Fsp3) is 0.571. The Balaban J connectivity index is 2.12. The van der Waals surface area contributed by atoms with Crippen LogP contribution in [0, 0.1) is 10.1 Å². The monoisotopic (exact) mass is 280 g/mol. The Hall–Kier alpha value is -1.66. The van der Waals surface area contributed by atoms with Gasteiger partial charge in [-0.25, -0.2) is 0 Å². The fourth-order valence-electron chi connectivity index (χ4n) is 1.75. The van der Waals surface area contributed by atoms with Crippen molar-refractivity contribution < 1.29 is 14.8 Å². The maximum atomic E-state index is 10.8. The summed E-state index contributed by atoms with van der Waals surface area (Å²) in [5.41, 5.74) is -0.147. The highest BCUT2D eigenvalue weighted by Gasteiger charge is 2.22. The zero-order valence-electron chi connectivity index (χ0n) is 11.8. The number of hydrogen-bond acceptors (Lipinski definition) is 5. The standard InChI is InChI=1S/C14H20N2O4/c1-14(2,17)9-20-13-6-5-12(16(18)19)7-10(13)8-15-11-3-4-11/h5-7,11,15,17H,3-4,8-9H2,1-2H3. The normalized spacial score (nSPS) is 15.2. The number of nitrogens with zero attached hydrogens (tertiary/aromatic N) is 1. The van der Waals surface area contributed by atoms with Crippen LogP contribution < -0.4 is 10.1 Å². The van der Waals surface area contributed by atoms with Gasteiger partial charge in [-0.05, 0) is 32.8 Å². The minimum absolute atomic E-state index is 0.0493. The van der Waals surface area contributed by atoms with Gasteiger partial charge in [0.1, 0.15) is 12.4 Å². The van der Waals surface area contributed by atoms with Crippen molar-refractivity contribution >= 4 is 5.69 Å². The molecular formula is C14H20N2O4. The molecule has 0 atom stereocenters. The predicted molar refractivity (Wildman–Crippen MR) is 74.8 cm³/mol. The SMILES string of the molecule is CC(C)(O)COc1ccc([N+](=O)[O-])cc1CNC1CC1. The van der Waals surface area contributed by atoms with Crippen LogP contribution in [0.1, 0.15) is 32.3 Å². The highest BCUT2D eigenvalue weighted by molar-refractivity contribution is 5.44. The summed E-state index contributed by atoms with van der Waals surface area (Å²) in [7, 11) is 0. The number of aliphatic hydroxyl groups is 1. The van der Waals surface area contributed by atoms with Gasteiger partial charge in [0.15, 0.2) is 0 Å². The number of nitro benzene ring substituents is 1. The Morgan fingerprint density at radius 2 is 2.20 bits per heavy atom. The zero-order chi connectivity index (χ0) is 14.8. The van der Waals surface area contributed by atoms with Crippen molar-refractivity contribution in [3.63, 3.8) is 0 Å². The van der Waals surface area contributed by atoms with Crippen molar-refractivity contribution in [3.05, 3.63) is 33.9 Å². The number of hydrogen-bond donors (Lipinski definition) is 2.